The number of nitrogens with zero attached hydrogens (tertiary/aromatic N) is 2. The Morgan fingerprint density at radius 2 is 1.90 bits per heavy atom. The molecule has 3 N–H and O–H groups in total. The molecule has 1 aliphatic heterocycles. The molecule has 108 valence electrons. The van der Waals surface area contributed by atoms with Crippen molar-refractivity contribution >= 4 is 29.0 Å². The average molecular weight is 295 g/mol. The van der Waals surface area contributed by atoms with Gasteiger partial charge in [0.2, 0.25) is 0 Å². The van der Waals surface area contributed by atoms with Gasteiger partial charge < -0.3 is 10.6 Å². The van der Waals surface area contributed by atoms with E-state index in [1.54, 1.807) is 0 Å². The fourth-order valence-corrected chi connectivity index (χ4v) is 2.72. The van der Waals surface area contributed by atoms with Crippen LogP contribution in [0.4, 0.5) is 5.82 Å². The molecular formula is C14H19ClN4O. The smallest absolute Gasteiger partial charge is 0.272 e. The van der Waals surface area contributed by atoms with Crippen molar-refractivity contribution in [1.29, 1.82) is 0 Å². The number of hydrogen-bond acceptors (Lipinski definition) is 4. The van der Waals surface area contributed by atoms with Gasteiger partial charge in [-0.1, -0.05) is 18.2 Å². The zero-order valence-corrected chi connectivity index (χ0v) is 12.0. The van der Waals surface area contributed by atoms with Gasteiger partial charge in [0, 0.05) is 18.5 Å². The molecule has 1 aliphatic rings. The number of rotatable bonds is 2. The van der Waals surface area contributed by atoms with Crippen molar-refractivity contribution in [3.8, 4) is 0 Å². The van der Waals surface area contributed by atoms with E-state index in [0.717, 1.165) is 43.7 Å². The number of aromatic amines is 1. The first kappa shape index (κ1) is 14.8. The summed E-state index contributed by atoms with van der Waals surface area (Å²) in [5.41, 5.74) is 5.59. The Kier molecular flexibility index (Phi) is 4.62. The lowest BCUT2D eigenvalue weighted by molar-refractivity contribution is 0.413. The largest absolute Gasteiger partial charge is 0.355 e. The quantitative estimate of drug-likeness (QED) is 0.880. The van der Waals surface area contributed by atoms with E-state index in [1.165, 1.54) is 0 Å². The van der Waals surface area contributed by atoms with Gasteiger partial charge in [-0.05, 0) is 31.4 Å². The third-order valence-electron chi connectivity index (χ3n) is 3.92. The fourth-order valence-electron chi connectivity index (χ4n) is 2.72. The van der Waals surface area contributed by atoms with Crippen LogP contribution in [0.1, 0.15) is 12.8 Å². The second-order valence-electron chi connectivity index (χ2n) is 5.09. The van der Waals surface area contributed by atoms with Crippen LogP contribution >= 0.6 is 12.4 Å². The Labute approximate surface area is 123 Å². The molecule has 5 nitrogen and oxygen atoms in total. The van der Waals surface area contributed by atoms with Gasteiger partial charge >= 0.3 is 0 Å². The molecule has 0 radical (unpaired) electrons. The summed E-state index contributed by atoms with van der Waals surface area (Å²) in [7, 11) is 0. The lowest BCUT2D eigenvalue weighted by Crippen LogP contribution is -2.37. The highest BCUT2D eigenvalue weighted by molar-refractivity contribution is 5.91. The summed E-state index contributed by atoms with van der Waals surface area (Å²) in [6.07, 6.45) is 2.18. The van der Waals surface area contributed by atoms with Gasteiger partial charge in [-0.25, -0.2) is 5.10 Å². The van der Waals surface area contributed by atoms with Crippen LogP contribution in [-0.2, 0) is 0 Å². The molecule has 1 aromatic heterocycles. The van der Waals surface area contributed by atoms with Crippen molar-refractivity contribution in [3.63, 3.8) is 0 Å². The van der Waals surface area contributed by atoms with Crippen LogP contribution in [0.2, 0.25) is 0 Å². The van der Waals surface area contributed by atoms with Crippen molar-refractivity contribution < 1.29 is 0 Å². The first-order valence-electron chi connectivity index (χ1n) is 6.72. The summed E-state index contributed by atoms with van der Waals surface area (Å²) >= 11 is 0. The molecule has 2 aromatic rings. The normalized spacial score (nSPS) is 16.1. The van der Waals surface area contributed by atoms with Gasteiger partial charge in [0.25, 0.3) is 5.56 Å². The van der Waals surface area contributed by atoms with Crippen molar-refractivity contribution in [2.45, 2.75) is 12.8 Å². The molecule has 20 heavy (non-hydrogen) atoms. The Balaban J connectivity index is 0.00000147. The zero-order chi connectivity index (χ0) is 13.2. The van der Waals surface area contributed by atoms with Gasteiger partial charge in [0.05, 0.1) is 5.39 Å². The number of fused-ring (bicyclic) bond motifs is 1. The fraction of sp³-hybridized carbons (Fsp3) is 0.429. The van der Waals surface area contributed by atoms with E-state index in [0.29, 0.717) is 11.3 Å². The number of benzene rings is 1. The van der Waals surface area contributed by atoms with Gasteiger partial charge in [-0.3, -0.25) is 4.79 Å². The van der Waals surface area contributed by atoms with Crippen LogP contribution in [0.15, 0.2) is 29.1 Å². The third kappa shape index (κ3) is 2.64. The highest BCUT2D eigenvalue weighted by Gasteiger charge is 2.21. The lowest BCUT2D eigenvalue weighted by Gasteiger charge is -2.32. The van der Waals surface area contributed by atoms with Gasteiger partial charge in [-0.2, -0.15) is 5.10 Å². The summed E-state index contributed by atoms with van der Waals surface area (Å²) in [5.74, 6) is 1.50. The molecule has 0 saturated carbocycles. The molecule has 3 rings (SSSR count). The number of nitrogens with one attached hydrogen (secondary N) is 1. The molecule has 0 aliphatic carbocycles. The van der Waals surface area contributed by atoms with Crippen LogP contribution in [0, 0.1) is 5.92 Å². The van der Waals surface area contributed by atoms with Crippen molar-refractivity contribution in [3.05, 3.63) is 34.6 Å². The van der Waals surface area contributed by atoms with Crippen molar-refractivity contribution in [1.82, 2.24) is 10.2 Å². The summed E-state index contributed by atoms with van der Waals surface area (Å²) in [4.78, 5) is 14.0. The predicted octanol–water partition coefficient (Wildman–Crippen LogP) is 1.52. The predicted molar refractivity (Wildman–Crippen MR) is 83.6 cm³/mol. The van der Waals surface area contributed by atoms with E-state index in [1.807, 2.05) is 24.3 Å². The SMILES string of the molecule is Cl.NCC1CCN(c2n[nH]c(=O)c3ccccc23)CC1. The number of piperidine rings is 1. The second kappa shape index (κ2) is 6.24. The van der Waals surface area contributed by atoms with E-state index in [9.17, 15) is 4.79 Å². The van der Waals surface area contributed by atoms with Gasteiger partial charge in [0.1, 0.15) is 0 Å². The van der Waals surface area contributed by atoms with Crippen molar-refractivity contribution in [2.24, 2.45) is 11.7 Å². The molecule has 1 aromatic carbocycles. The number of hydrogen-bond donors (Lipinski definition) is 2. The van der Waals surface area contributed by atoms with Gasteiger partial charge in [-0.15, -0.1) is 12.4 Å². The van der Waals surface area contributed by atoms with Crippen LogP contribution in [0.5, 0.6) is 0 Å². The zero-order valence-electron chi connectivity index (χ0n) is 11.2. The Morgan fingerprint density at radius 1 is 1.25 bits per heavy atom. The standard InChI is InChI=1S/C14H18N4O.ClH/c15-9-10-5-7-18(8-6-10)13-11-3-1-2-4-12(11)14(19)17-16-13;/h1-4,10H,5-9,15H2,(H,17,19);1H. The first-order valence-corrected chi connectivity index (χ1v) is 6.72. The second-order valence-corrected chi connectivity index (χ2v) is 5.09. The maximum atomic E-state index is 11.8. The number of H-pyrrole nitrogens is 1. The van der Waals surface area contributed by atoms with Crippen molar-refractivity contribution in [2.75, 3.05) is 24.5 Å². The molecular weight excluding hydrogens is 276 g/mol. The van der Waals surface area contributed by atoms with E-state index >= 15 is 0 Å². The molecule has 0 unspecified atom stereocenters. The van der Waals surface area contributed by atoms with E-state index in [2.05, 4.69) is 15.1 Å². The highest BCUT2D eigenvalue weighted by Crippen LogP contribution is 2.25. The maximum absolute atomic E-state index is 11.8. The maximum Gasteiger partial charge on any atom is 0.272 e. The first-order chi connectivity index (χ1) is 9.29. The summed E-state index contributed by atoms with van der Waals surface area (Å²) in [6.45, 7) is 2.66. The Morgan fingerprint density at radius 3 is 2.55 bits per heavy atom. The third-order valence-corrected chi connectivity index (χ3v) is 3.92. The molecule has 0 atom stereocenters. The molecule has 1 saturated heterocycles. The molecule has 0 amide bonds. The monoisotopic (exact) mass is 294 g/mol. The minimum Gasteiger partial charge on any atom is -0.355 e. The summed E-state index contributed by atoms with van der Waals surface area (Å²) in [5, 5.41) is 8.46. The number of anilines is 1. The minimum atomic E-state index is -0.129. The molecule has 2 heterocycles. The van der Waals surface area contributed by atoms with Crippen LogP contribution < -0.4 is 16.2 Å². The summed E-state index contributed by atoms with van der Waals surface area (Å²) in [6, 6.07) is 7.62. The lowest BCUT2D eigenvalue weighted by atomic mass is 9.97. The average Bonchev–Trinajstić information content (AvgIpc) is 2.48. The van der Waals surface area contributed by atoms with E-state index in [-0.39, 0.29) is 18.0 Å². The summed E-state index contributed by atoms with van der Waals surface area (Å²) < 4.78 is 0. The number of aromatic nitrogens is 2. The Bertz CT molecular complexity index is 634. The Hall–Kier alpha value is -1.59. The topological polar surface area (TPSA) is 75.0 Å². The molecule has 0 bridgehead atoms. The minimum absolute atomic E-state index is 0. The number of halogens is 1. The van der Waals surface area contributed by atoms with Crippen LogP contribution in [-0.4, -0.2) is 29.8 Å². The molecule has 6 heteroatoms. The van der Waals surface area contributed by atoms with Gasteiger partial charge in [0.15, 0.2) is 5.82 Å². The van der Waals surface area contributed by atoms with Crippen LogP contribution in [0.3, 0.4) is 0 Å². The highest BCUT2D eigenvalue weighted by atomic mass is 35.5. The van der Waals surface area contributed by atoms with E-state index in [4.69, 9.17) is 5.73 Å². The van der Waals surface area contributed by atoms with Crippen LogP contribution in [0.25, 0.3) is 10.8 Å². The number of nitrogens with two attached hydrogens (primary N) is 1. The van der Waals surface area contributed by atoms with E-state index < -0.39 is 0 Å². The molecule has 1 fully saturated rings. The molecule has 0 spiro atoms.